The SMILES string of the molecule is CCCCCOC(=O)OC1=C(c2c(C)cc(C)cc2C)C(=O)C(CC2CCOC2)C1. The lowest BCUT2D eigenvalue weighted by atomic mass is 9.87. The van der Waals surface area contributed by atoms with Crippen molar-refractivity contribution in [3.05, 3.63) is 40.1 Å². The molecular weight excluding hydrogens is 380 g/mol. The standard InChI is InChI=1S/C25H34O5/c1-5-6-7-9-29-25(27)30-21-14-20(13-19-8-10-28-15-19)24(26)23(21)22-17(3)11-16(2)12-18(22)4/h11-12,19-20H,5-10,13-15H2,1-4H3. The zero-order valence-electron chi connectivity index (χ0n) is 18.7. The smallest absolute Gasteiger partial charge is 0.434 e. The first-order valence-electron chi connectivity index (χ1n) is 11.2. The minimum absolute atomic E-state index is 0.0748. The Hall–Kier alpha value is -2.14. The number of aryl methyl sites for hydroxylation is 3. The number of allylic oxidation sites excluding steroid dienone is 2. The first kappa shape index (κ1) is 22.5. The molecule has 1 aromatic carbocycles. The quantitative estimate of drug-likeness (QED) is 0.404. The lowest BCUT2D eigenvalue weighted by Gasteiger charge is -2.15. The van der Waals surface area contributed by atoms with Crippen LogP contribution in [0.3, 0.4) is 0 Å². The number of rotatable bonds is 8. The van der Waals surface area contributed by atoms with E-state index >= 15 is 0 Å². The van der Waals surface area contributed by atoms with Crippen molar-refractivity contribution in [3.63, 3.8) is 0 Å². The first-order valence-corrected chi connectivity index (χ1v) is 11.2. The topological polar surface area (TPSA) is 61.8 Å². The first-order chi connectivity index (χ1) is 14.4. The van der Waals surface area contributed by atoms with Gasteiger partial charge in [-0.1, -0.05) is 37.5 Å². The fourth-order valence-corrected chi connectivity index (χ4v) is 4.69. The molecule has 0 N–H and O–H groups in total. The van der Waals surface area contributed by atoms with Crippen LogP contribution in [0.15, 0.2) is 17.9 Å². The van der Waals surface area contributed by atoms with Crippen LogP contribution in [0.5, 0.6) is 0 Å². The number of benzene rings is 1. The zero-order chi connectivity index (χ0) is 21.7. The Morgan fingerprint density at radius 2 is 1.90 bits per heavy atom. The molecule has 0 spiro atoms. The maximum atomic E-state index is 13.4. The van der Waals surface area contributed by atoms with Crippen LogP contribution in [0.2, 0.25) is 0 Å². The summed E-state index contributed by atoms with van der Waals surface area (Å²) < 4.78 is 16.4. The van der Waals surface area contributed by atoms with E-state index in [1.807, 2.05) is 20.8 Å². The second-order valence-corrected chi connectivity index (χ2v) is 8.71. The molecule has 0 amide bonds. The molecule has 164 valence electrons. The highest BCUT2D eigenvalue weighted by atomic mass is 16.7. The van der Waals surface area contributed by atoms with Gasteiger partial charge in [0, 0.05) is 25.6 Å². The molecule has 0 radical (unpaired) electrons. The van der Waals surface area contributed by atoms with Gasteiger partial charge in [0.15, 0.2) is 5.78 Å². The number of carbonyl (C=O) groups excluding carboxylic acids is 2. The molecule has 1 fully saturated rings. The third-order valence-electron chi connectivity index (χ3n) is 6.07. The van der Waals surface area contributed by atoms with Gasteiger partial charge < -0.3 is 14.2 Å². The normalized spacial score (nSPS) is 21.4. The molecule has 1 saturated heterocycles. The highest BCUT2D eigenvalue weighted by Crippen LogP contribution is 2.41. The van der Waals surface area contributed by atoms with Crippen molar-refractivity contribution in [2.45, 2.75) is 66.2 Å². The number of hydrogen-bond acceptors (Lipinski definition) is 5. The highest BCUT2D eigenvalue weighted by Gasteiger charge is 2.39. The number of unbranched alkanes of at least 4 members (excludes halogenated alkanes) is 2. The second-order valence-electron chi connectivity index (χ2n) is 8.71. The van der Waals surface area contributed by atoms with Crippen molar-refractivity contribution in [2.75, 3.05) is 19.8 Å². The molecule has 3 rings (SSSR count). The van der Waals surface area contributed by atoms with E-state index in [1.165, 1.54) is 0 Å². The summed E-state index contributed by atoms with van der Waals surface area (Å²) in [4.78, 5) is 25.8. The molecule has 2 unspecified atom stereocenters. The van der Waals surface area contributed by atoms with Crippen LogP contribution in [0.25, 0.3) is 5.57 Å². The van der Waals surface area contributed by atoms with Gasteiger partial charge in [0.05, 0.1) is 12.2 Å². The lowest BCUT2D eigenvalue weighted by Crippen LogP contribution is -2.15. The van der Waals surface area contributed by atoms with Crippen LogP contribution in [-0.4, -0.2) is 31.8 Å². The van der Waals surface area contributed by atoms with E-state index < -0.39 is 6.16 Å². The summed E-state index contributed by atoms with van der Waals surface area (Å²) in [6.45, 7) is 9.97. The third-order valence-corrected chi connectivity index (χ3v) is 6.07. The van der Waals surface area contributed by atoms with Gasteiger partial charge in [-0.25, -0.2) is 4.79 Å². The fourth-order valence-electron chi connectivity index (χ4n) is 4.69. The molecule has 0 aromatic heterocycles. The largest absolute Gasteiger partial charge is 0.513 e. The Morgan fingerprint density at radius 1 is 1.17 bits per heavy atom. The van der Waals surface area contributed by atoms with Crippen LogP contribution < -0.4 is 0 Å². The number of carbonyl (C=O) groups is 2. The van der Waals surface area contributed by atoms with Crippen LogP contribution in [-0.2, 0) is 19.0 Å². The maximum absolute atomic E-state index is 13.4. The van der Waals surface area contributed by atoms with E-state index in [1.54, 1.807) is 0 Å². The predicted octanol–water partition coefficient (Wildman–Crippen LogP) is 5.68. The van der Waals surface area contributed by atoms with Crippen LogP contribution in [0.1, 0.15) is 67.7 Å². The Labute approximate surface area is 179 Å². The molecule has 2 aliphatic rings. The summed E-state index contributed by atoms with van der Waals surface area (Å²) in [5, 5.41) is 0. The molecular formula is C25H34O5. The Morgan fingerprint density at radius 3 is 2.53 bits per heavy atom. The molecule has 2 atom stereocenters. The summed E-state index contributed by atoms with van der Waals surface area (Å²) in [6, 6.07) is 4.14. The molecule has 5 nitrogen and oxygen atoms in total. The molecule has 5 heteroatoms. The van der Waals surface area contributed by atoms with E-state index in [-0.39, 0.29) is 11.7 Å². The Bertz CT molecular complexity index is 794. The average molecular weight is 415 g/mol. The van der Waals surface area contributed by atoms with E-state index in [0.717, 1.165) is 61.0 Å². The molecule has 1 heterocycles. The molecule has 1 aliphatic heterocycles. The monoisotopic (exact) mass is 414 g/mol. The number of ether oxygens (including phenoxy) is 3. The summed E-state index contributed by atoms with van der Waals surface area (Å²) in [6.07, 6.45) is 4.37. The summed E-state index contributed by atoms with van der Waals surface area (Å²) >= 11 is 0. The number of hydrogen-bond donors (Lipinski definition) is 0. The average Bonchev–Trinajstić information content (AvgIpc) is 3.29. The molecule has 0 saturated carbocycles. The van der Waals surface area contributed by atoms with Crippen molar-refractivity contribution in [2.24, 2.45) is 11.8 Å². The van der Waals surface area contributed by atoms with Crippen LogP contribution in [0, 0.1) is 32.6 Å². The van der Waals surface area contributed by atoms with E-state index in [4.69, 9.17) is 14.2 Å². The van der Waals surface area contributed by atoms with Gasteiger partial charge >= 0.3 is 6.16 Å². The maximum Gasteiger partial charge on any atom is 0.513 e. The van der Waals surface area contributed by atoms with Gasteiger partial charge in [-0.2, -0.15) is 0 Å². The molecule has 30 heavy (non-hydrogen) atoms. The minimum Gasteiger partial charge on any atom is -0.434 e. The van der Waals surface area contributed by atoms with E-state index in [9.17, 15) is 9.59 Å². The van der Waals surface area contributed by atoms with Gasteiger partial charge in [0.2, 0.25) is 0 Å². The van der Waals surface area contributed by atoms with Gasteiger partial charge in [0.25, 0.3) is 0 Å². The fraction of sp³-hybridized carbons (Fsp3) is 0.600. The zero-order valence-corrected chi connectivity index (χ0v) is 18.7. The highest BCUT2D eigenvalue weighted by molar-refractivity contribution is 6.25. The van der Waals surface area contributed by atoms with E-state index in [0.29, 0.717) is 36.9 Å². The summed E-state index contributed by atoms with van der Waals surface area (Å²) in [5.41, 5.74) is 4.65. The van der Waals surface area contributed by atoms with Gasteiger partial charge in [-0.3, -0.25) is 4.79 Å². The van der Waals surface area contributed by atoms with Crippen molar-refractivity contribution < 1.29 is 23.8 Å². The number of ketones is 1. The lowest BCUT2D eigenvalue weighted by molar-refractivity contribution is -0.117. The summed E-state index contributed by atoms with van der Waals surface area (Å²) in [7, 11) is 0. The molecule has 1 aromatic rings. The van der Waals surface area contributed by atoms with Crippen molar-refractivity contribution in [3.8, 4) is 0 Å². The van der Waals surface area contributed by atoms with Crippen molar-refractivity contribution >= 4 is 17.5 Å². The van der Waals surface area contributed by atoms with Gasteiger partial charge in [-0.15, -0.1) is 0 Å². The van der Waals surface area contributed by atoms with Crippen LogP contribution >= 0.6 is 0 Å². The Balaban J connectivity index is 1.84. The third kappa shape index (κ3) is 5.31. The molecule has 0 bridgehead atoms. The Kier molecular flexibility index (Phi) is 7.70. The minimum atomic E-state index is -0.710. The number of Topliss-reactive ketones (excluding diaryl/α,β-unsaturated/α-hetero) is 1. The molecule has 1 aliphatic carbocycles. The summed E-state index contributed by atoms with van der Waals surface area (Å²) in [5.74, 6) is 0.751. The van der Waals surface area contributed by atoms with Gasteiger partial charge in [0.1, 0.15) is 5.76 Å². The second kappa shape index (κ2) is 10.3. The van der Waals surface area contributed by atoms with Crippen molar-refractivity contribution in [1.82, 2.24) is 0 Å². The van der Waals surface area contributed by atoms with Gasteiger partial charge in [-0.05, 0) is 62.6 Å². The van der Waals surface area contributed by atoms with E-state index in [2.05, 4.69) is 19.1 Å². The van der Waals surface area contributed by atoms with Crippen LogP contribution in [0.4, 0.5) is 4.79 Å². The van der Waals surface area contributed by atoms with Crippen molar-refractivity contribution in [1.29, 1.82) is 0 Å². The predicted molar refractivity (Wildman–Crippen MR) is 116 cm³/mol.